The van der Waals surface area contributed by atoms with Crippen LogP contribution in [0.3, 0.4) is 0 Å². The number of carbonyl (C=O) groups excluding carboxylic acids is 1. The summed E-state index contributed by atoms with van der Waals surface area (Å²) >= 11 is 0. The fourth-order valence-electron chi connectivity index (χ4n) is 3.50. The molecule has 0 aliphatic carbocycles. The average molecular weight is 392 g/mol. The van der Waals surface area contributed by atoms with E-state index in [2.05, 4.69) is 15.2 Å². The zero-order chi connectivity index (χ0) is 20.4. The van der Waals surface area contributed by atoms with Crippen LogP contribution in [-0.2, 0) is 17.8 Å². The molecule has 1 aliphatic rings. The maximum absolute atomic E-state index is 12.8. The van der Waals surface area contributed by atoms with Gasteiger partial charge in [0, 0.05) is 24.9 Å². The van der Waals surface area contributed by atoms with Crippen LogP contribution in [0.5, 0.6) is 11.5 Å². The van der Waals surface area contributed by atoms with Crippen LogP contribution in [0.25, 0.3) is 11.1 Å². The summed E-state index contributed by atoms with van der Waals surface area (Å²) in [5.74, 6) is 1.96. The second kappa shape index (κ2) is 7.95. The van der Waals surface area contributed by atoms with E-state index in [1.54, 1.807) is 11.0 Å². The second-order valence-corrected chi connectivity index (χ2v) is 7.35. The van der Waals surface area contributed by atoms with E-state index in [0.29, 0.717) is 44.1 Å². The Balaban J connectivity index is 1.53. The molecule has 0 atom stereocenters. The smallest absolute Gasteiger partial charge is 0.223 e. The van der Waals surface area contributed by atoms with Crippen molar-refractivity contribution in [1.82, 2.24) is 20.1 Å². The predicted octanol–water partition coefficient (Wildman–Crippen LogP) is 3.15. The SMILES string of the molecule is Cc1ccc(-c2cc(O)c3c(c2)CN(C(=O)CCc2n[nH]c(C)n2)CCO3)cc1. The number of hydrogen-bond acceptors (Lipinski definition) is 5. The van der Waals surface area contributed by atoms with Crippen LogP contribution in [0.2, 0.25) is 0 Å². The minimum Gasteiger partial charge on any atom is -0.504 e. The molecule has 0 radical (unpaired) electrons. The molecule has 2 aromatic carbocycles. The normalized spacial score (nSPS) is 13.5. The molecule has 2 N–H and O–H groups in total. The molecular formula is C22H24N4O3. The lowest BCUT2D eigenvalue weighted by atomic mass is 10.0. The number of aromatic nitrogens is 3. The number of amides is 1. The zero-order valence-corrected chi connectivity index (χ0v) is 16.6. The monoisotopic (exact) mass is 392 g/mol. The third-order valence-electron chi connectivity index (χ3n) is 5.06. The van der Waals surface area contributed by atoms with Gasteiger partial charge >= 0.3 is 0 Å². The Hall–Kier alpha value is -3.35. The molecule has 0 saturated heterocycles. The van der Waals surface area contributed by atoms with Gasteiger partial charge in [-0.3, -0.25) is 9.89 Å². The molecule has 3 aromatic rings. The summed E-state index contributed by atoms with van der Waals surface area (Å²) in [6.07, 6.45) is 0.818. The molecule has 0 fully saturated rings. The Kier molecular flexibility index (Phi) is 5.20. The summed E-state index contributed by atoms with van der Waals surface area (Å²) in [6, 6.07) is 11.8. The molecule has 0 unspecified atom stereocenters. The Morgan fingerprint density at radius 3 is 2.72 bits per heavy atom. The first kappa shape index (κ1) is 19.0. The molecule has 1 aliphatic heterocycles. The van der Waals surface area contributed by atoms with Gasteiger partial charge in [-0.1, -0.05) is 29.8 Å². The van der Waals surface area contributed by atoms with Gasteiger partial charge in [0.25, 0.3) is 0 Å². The van der Waals surface area contributed by atoms with E-state index >= 15 is 0 Å². The van der Waals surface area contributed by atoms with Crippen LogP contribution in [0.15, 0.2) is 36.4 Å². The molecule has 2 heterocycles. The van der Waals surface area contributed by atoms with Gasteiger partial charge in [0.15, 0.2) is 17.3 Å². The highest BCUT2D eigenvalue weighted by atomic mass is 16.5. The average Bonchev–Trinajstić information content (AvgIpc) is 2.99. The van der Waals surface area contributed by atoms with Crippen molar-refractivity contribution in [3.63, 3.8) is 0 Å². The first-order valence-electron chi connectivity index (χ1n) is 9.71. The molecule has 0 saturated carbocycles. The number of hydrogen-bond donors (Lipinski definition) is 2. The summed E-state index contributed by atoms with van der Waals surface area (Å²) in [5, 5.41) is 17.4. The molecular weight excluding hydrogens is 368 g/mol. The topological polar surface area (TPSA) is 91.3 Å². The van der Waals surface area contributed by atoms with Gasteiger partial charge in [-0.2, -0.15) is 5.10 Å². The van der Waals surface area contributed by atoms with Crippen molar-refractivity contribution in [3.8, 4) is 22.6 Å². The minimum absolute atomic E-state index is 0.0177. The molecule has 29 heavy (non-hydrogen) atoms. The number of nitrogens with one attached hydrogen (secondary N) is 1. The van der Waals surface area contributed by atoms with Crippen molar-refractivity contribution < 1.29 is 14.6 Å². The number of phenols is 1. The third-order valence-corrected chi connectivity index (χ3v) is 5.06. The fraction of sp³-hybridized carbons (Fsp3) is 0.318. The number of H-pyrrole nitrogens is 1. The first-order chi connectivity index (χ1) is 14.0. The van der Waals surface area contributed by atoms with Gasteiger partial charge < -0.3 is 14.7 Å². The summed E-state index contributed by atoms with van der Waals surface area (Å²) in [4.78, 5) is 18.8. The van der Waals surface area contributed by atoms with Crippen molar-refractivity contribution in [1.29, 1.82) is 0 Å². The summed E-state index contributed by atoms with van der Waals surface area (Å²) < 4.78 is 5.76. The Morgan fingerprint density at radius 2 is 2.00 bits per heavy atom. The van der Waals surface area contributed by atoms with Crippen molar-refractivity contribution in [2.24, 2.45) is 0 Å². The van der Waals surface area contributed by atoms with Crippen LogP contribution in [0.4, 0.5) is 0 Å². The fourth-order valence-corrected chi connectivity index (χ4v) is 3.50. The van der Waals surface area contributed by atoms with Crippen molar-refractivity contribution in [3.05, 3.63) is 59.2 Å². The lowest BCUT2D eigenvalue weighted by molar-refractivity contribution is -0.131. The van der Waals surface area contributed by atoms with Crippen LogP contribution in [0.1, 0.15) is 29.2 Å². The summed E-state index contributed by atoms with van der Waals surface area (Å²) in [5.41, 5.74) is 3.89. The van der Waals surface area contributed by atoms with E-state index in [1.807, 2.05) is 44.2 Å². The second-order valence-electron chi connectivity index (χ2n) is 7.35. The van der Waals surface area contributed by atoms with Crippen molar-refractivity contribution >= 4 is 5.91 Å². The Labute approximate surface area is 169 Å². The first-order valence-corrected chi connectivity index (χ1v) is 9.71. The highest BCUT2D eigenvalue weighted by Crippen LogP contribution is 2.37. The lowest BCUT2D eigenvalue weighted by Gasteiger charge is -2.20. The molecule has 7 nitrogen and oxygen atoms in total. The maximum atomic E-state index is 12.8. The number of ether oxygens (including phenoxy) is 1. The molecule has 0 spiro atoms. The third kappa shape index (κ3) is 4.23. The van der Waals surface area contributed by atoms with Gasteiger partial charge in [0.1, 0.15) is 12.4 Å². The number of carbonyl (C=O) groups is 1. The van der Waals surface area contributed by atoms with Gasteiger partial charge in [-0.25, -0.2) is 4.98 Å². The molecule has 1 amide bonds. The largest absolute Gasteiger partial charge is 0.504 e. The Morgan fingerprint density at radius 1 is 1.21 bits per heavy atom. The van der Waals surface area contributed by atoms with Crippen molar-refractivity contribution in [2.45, 2.75) is 33.2 Å². The predicted molar refractivity (Wildman–Crippen MR) is 109 cm³/mol. The maximum Gasteiger partial charge on any atom is 0.223 e. The molecule has 7 heteroatoms. The quantitative estimate of drug-likeness (QED) is 0.712. The lowest BCUT2D eigenvalue weighted by Crippen LogP contribution is -2.32. The highest BCUT2D eigenvalue weighted by Gasteiger charge is 2.23. The van der Waals surface area contributed by atoms with E-state index in [1.165, 1.54) is 5.56 Å². The molecule has 150 valence electrons. The van der Waals surface area contributed by atoms with Crippen LogP contribution < -0.4 is 4.74 Å². The van der Waals surface area contributed by atoms with Crippen LogP contribution >= 0.6 is 0 Å². The van der Waals surface area contributed by atoms with Crippen LogP contribution in [-0.4, -0.2) is 44.2 Å². The van der Waals surface area contributed by atoms with Gasteiger partial charge in [0.2, 0.25) is 5.91 Å². The highest BCUT2D eigenvalue weighted by molar-refractivity contribution is 5.77. The zero-order valence-electron chi connectivity index (χ0n) is 16.6. The number of aromatic hydroxyl groups is 1. The van der Waals surface area contributed by atoms with Gasteiger partial charge in [-0.05, 0) is 37.1 Å². The molecule has 1 aromatic heterocycles. The number of aryl methyl sites for hydroxylation is 3. The molecule has 0 bridgehead atoms. The van der Waals surface area contributed by atoms with Gasteiger partial charge in [-0.15, -0.1) is 0 Å². The number of phenolic OH excluding ortho intramolecular Hbond substituents is 1. The van der Waals surface area contributed by atoms with E-state index in [-0.39, 0.29) is 11.7 Å². The number of nitrogens with zero attached hydrogens (tertiary/aromatic N) is 3. The summed E-state index contributed by atoms with van der Waals surface area (Å²) in [6.45, 7) is 5.08. The van der Waals surface area contributed by atoms with E-state index in [4.69, 9.17) is 4.74 Å². The standard InChI is InChI=1S/C22H24N4O3/c1-14-3-5-16(6-4-14)17-11-18-13-26(9-10-29-22(18)19(27)12-17)21(28)8-7-20-23-15(2)24-25-20/h3-6,11-12,27H,7-10,13H2,1-2H3,(H,23,24,25). The van der Waals surface area contributed by atoms with Crippen LogP contribution in [0, 0.1) is 13.8 Å². The van der Waals surface area contributed by atoms with E-state index in [0.717, 1.165) is 22.5 Å². The minimum atomic E-state index is 0.0177. The number of rotatable bonds is 4. The molecule has 4 rings (SSSR count). The Bertz CT molecular complexity index is 1030. The number of fused-ring (bicyclic) bond motifs is 1. The summed E-state index contributed by atoms with van der Waals surface area (Å²) in [7, 11) is 0. The van der Waals surface area contributed by atoms with E-state index < -0.39 is 0 Å². The van der Waals surface area contributed by atoms with Crippen molar-refractivity contribution in [2.75, 3.05) is 13.2 Å². The van der Waals surface area contributed by atoms with E-state index in [9.17, 15) is 9.90 Å². The van der Waals surface area contributed by atoms with Gasteiger partial charge in [0.05, 0.1) is 6.54 Å². The number of benzene rings is 2. The number of aromatic amines is 1.